The number of nitrogens with zero attached hydrogens (tertiary/aromatic N) is 2. The molecule has 0 radical (unpaired) electrons. The van der Waals surface area contributed by atoms with Gasteiger partial charge in [0.05, 0.1) is 15.4 Å². The average molecular weight is 461 g/mol. The van der Waals surface area contributed by atoms with Gasteiger partial charge in [-0.15, -0.1) is 0 Å². The monoisotopic (exact) mass is 461 g/mol. The molecule has 1 fully saturated rings. The number of carbonyl (C=O) groups is 2. The molecule has 1 N–H and O–H groups in total. The summed E-state index contributed by atoms with van der Waals surface area (Å²) >= 11 is 0. The zero-order chi connectivity index (χ0) is 23.1. The number of ether oxygens (including phenoxy) is 1. The van der Waals surface area contributed by atoms with Gasteiger partial charge in [0.1, 0.15) is 0 Å². The Kier molecular flexibility index (Phi) is 7.54. The summed E-state index contributed by atoms with van der Waals surface area (Å²) in [6, 6.07) is 10.7. The summed E-state index contributed by atoms with van der Waals surface area (Å²) in [6.07, 6.45) is 3.65. The number of nitro benzene ring substituents is 1. The number of nitro groups is 1. The molecule has 0 aromatic heterocycles. The highest BCUT2D eigenvalue weighted by atomic mass is 32.2. The van der Waals surface area contributed by atoms with Crippen LogP contribution in [0.5, 0.6) is 0 Å². The second kappa shape index (κ2) is 10.3. The minimum Gasteiger partial charge on any atom is -0.452 e. The van der Waals surface area contributed by atoms with Gasteiger partial charge < -0.3 is 10.1 Å². The molecule has 3 rings (SSSR count). The average Bonchev–Trinajstić information content (AvgIpc) is 3.08. The third-order valence-corrected chi connectivity index (χ3v) is 6.88. The van der Waals surface area contributed by atoms with E-state index in [1.54, 1.807) is 0 Å². The summed E-state index contributed by atoms with van der Waals surface area (Å²) in [5, 5.41) is 13.2. The number of non-ortho nitro benzene ring substituents is 1. The van der Waals surface area contributed by atoms with Crippen molar-refractivity contribution in [2.45, 2.75) is 30.6 Å². The number of hydrogen-bond acceptors (Lipinski definition) is 7. The zero-order valence-corrected chi connectivity index (χ0v) is 18.0. The molecule has 0 spiro atoms. The number of sulfonamides is 1. The number of carbonyl (C=O) groups excluding carboxylic acids is 2. The van der Waals surface area contributed by atoms with E-state index in [0.29, 0.717) is 13.1 Å². The Labute approximate surface area is 185 Å². The van der Waals surface area contributed by atoms with Crippen molar-refractivity contribution < 1.29 is 27.7 Å². The van der Waals surface area contributed by atoms with Crippen LogP contribution in [0.3, 0.4) is 0 Å². The first-order valence-corrected chi connectivity index (χ1v) is 11.5. The van der Waals surface area contributed by atoms with E-state index < -0.39 is 33.4 Å². The molecule has 0 saturated carbocycles. The fraction of sp³-hybridized carbons (Fsp3) is 0.333. The minimum absolute atomic E-state index is 0.0966. The molecule has 1 amide bonds. The third-order valence-electron chi connectivity index (χ3n) is 4.97. The van der Waals surface area contributed by atoms with Crippen molar-refractivity contribution in [3.63, 3.8) is 0 Å². The predicted molar refractivity (Wildman–Crippen MR) is 116 cm³/mol. The van der Waals surface area contributed by atoms with Crippen LogP contribution in [-0.4, -0.2) is 49.2 Å². The fourth-order valence-electron chi connectivity index (χ4n) is 3.30. The van der Waals surface area contributed by atoms with Gasteiger partial charge >= 0.3 is 5.97 Å². The second-order valence-electron chi connectivity index (χ2n) is 7.27. The van der Waals surface area contributed by atoms with Crippen molar-refractivity contribution in [2.24, 2.45) is 0 Å². The molecule has 1 heterocycles. The van der Waals surface area contributed by atoms with Gasteiger partial charge in [-0.05, 0) is 43.2 Å². The van der Waals surface area contributed by atoms with Crippen LogP contribution in [0.1, 0.15) is 36.0 Å². The van der Waals surface area contributed by atoms with Crippen molar-refractivity contribution in [3.05, 3.63) is 64.2 Å². The number of amides is 1. The standard InChI is InChI=1S/C21H23N3O7S/c25-20(22-17-6-5-7-18(14-17)24(27)28)15-31-21(26)16-8-10-19(11-9-16)32(29,30)23-12-3-1-2-4-13-23/h5-11,14H,1-4,12-13,15H2,(H,22,25). The SMILES string of the molecule is O=C(COC(=O)c1ccc(S(=O)(=O)N2CCCCCC2)cc1)Nc1cccc([N+](=O)[O-])c1. The summed E-state index contributed by atoms with van der Waals surface area (Å²) in [7, 11) is -3.63. The van der Waals surface area contributed by atoms with E-state index in [-0.39, 0.29) is 21.8 Å². The van der Waals surface area contributed by atoms with E-state index in [1.807, 2.05) is 0 Å². The van der Waals surface area contributed by atoms with Crippen LogP contribution < -0.4 is 5.32 Å². The second-order valence-corrected chi connectivity index (χ2v) is 9.21. The summed E-state index contributed by atoms with van der Waals surface area (Å²) in [5.41, 5.74) is 0.112. The Bertz CT molecular complexity index is 1090. The van der Waals surface area contributed by atoms with E-state index in [4.69, 9.17) is 4.74 Å². The molecule has 1 aliphatic heterocycles. The highest BCUT2D eigenvalue weighted by Gasteiger charge is 2.25. The van der Waals surface area contributed by atoms with Gasteiger partial charge in [-0.2, -0.15) is 4.31 Å². The van der Waals surface area contributed by atoms with E-state index in [9.17, 15) is 28.1 Å². The molecule has 0 atom stereocenters. The maximum atomic E-state index is 12.8. The van der Waals surface area contributed by atoms with Crippen molar-refractivity contribution in [1.82, 2.24) is 4.31 Å². The Morgan fingerprint density at radius 1 is 1.03 bits per heavy atom. The molecule has 11 heteroatoms. The first kappa shape index (κ1) is 23.4. The number of esters is 1. The van der Waals surface area contributed by atoms with Gasteiger partial charge in [0, 0.05) is 30.9 Å². The molecular formula is C21H23N3O7S. The van der Waals surface area contributed by atoms with E-state index in [2.05, 4.69) is 5.32 Å². The van der Waals surface area contributed by atoms with Crippen LogP contribution in [0.15, 0.2) is 53.4 Å². The minimum atomic E-state index is -3.63. The number of anilines is 1. The lowest BCUT2D eigenvalue weighted by Crippen LogP contribution is -2.31. The number of nitrogens with one attached hydrogen (secondary N) is 1. The van der Waals surface area contributed by atoms with E-state index in [0.717, 1.165) is 25.7 Å². The van der Waals surface area contributed by atoms with Crippen LogP contribution in [-0.2, 0) is 19.6 Å². The molecule has 32 heavy (non-hydrogen) atoms. The molecule has 0 bridgehead atoms. The van der Waals surface area contributed by atoms with Crippen molar-refractivity contribution in [3.8, 4) is 0 Å². The van der Waals surface area contributed by atoms with Gasteiger partial charge in [-0.25, -0.2) is 13.2 Å². The molecule has 0 unspecified atom stereocenters. The summed E-state index contributed by atoms with van der Waals surface area (Å²) in [4.78, 5) is 34.5. The van der Waals surface area contributed by atoms with Crippen LogP contribution in [0, 0.1) is 10.1 Å². The van der Waals surface area contributed by atoms with Gasteiger partial charge in [0.25, 0.3) is 11.6 Å². The Morgan fingerprint density at radius 3 is 2.31 bits per heavy atom. The number of rotatable bonds is 7. The van der Waals surface area contributed by atoms with E-state index >= 15 is 0 Å². The lowest BCUT2D eigenvalue weighted by atomic mass is 10.2. The molecule has 2 aromatic carbocycles. The summed E-state index contributed by atoms with van der Waals surface area (Å²) in [6.45, 7) is 0.354. The van der Waals surface area contributed by atoms with Gasteiger partial charge in [-0.1, -0.05) is 18.9 Å². The first-order valence-electron chi connectivity index (χ1n) is 10.1. The van der Waals surface area contributed by atoms with Crippen molar-refractivity contribution in [2.75, 3.05) is 25.0 Å². The highest BCUT2D eigenvalue weighted by molar-refractivity contribution is 7.89. The molecule has 10 nitrogen and oxygen atoms in total. The predicted octanol–water partition coefficient (Wildman–Crippen LogP) is 2.96. The maximum absolute atomic E-state index is 12.8. The van der Waals surface area contributed by atoms with Crippen LogP contribution >= 0.6 is 0 Å². The Hall–Kier alpha value is -3.31. The third kappa shape index (κ3) is 5.89. The van der Waals surface area contributed by atoms with Gasteiger partial charge in [-0.3, -0.25) is 14.9 Å². The van der Waals surface area contributed by atoms with Crippen LogP contribution in [0.2, 0.25) is 0 Å². The fourth-order valence-corrected chi connectivity index (χ4v) is 4.82. The largest absolute Gasteiger partial charge is 0.452 e. The van der Waals surface area contributed by atoms with Crippen molar-refractivity contribution >= 4 is 33.3 Å². The lowest BCUT2D eigenvalue weighted by molar-refractivity contribution is -0.384. The summed E-state index contributed by atoms with van der Waals surface area (Å²) < 4.78 is 32.0. The lowest BCUT2D eigenvalue weighted by Gasteiger charge is -2.19. The quantitative estimate of drug-likeness (QED) is 0.380. The van der Waals surface area contributed by atoms with Crippen LogP contribution in [0.25, 0.3) is 0 Å². The topological polar surface area (TPSA) is 136 Å². The molecule has 2 aromatic rings. The van der Waals surface area contributed by atoms with Gasteiger partial charge in [0.2, 0.25) is 10.0 Å². The maximum Gasteiger partial charge on any atom is 0.338 e. The first-order chi connectivity index (χ1) is 15.3. The normalized spacial score (nSPS) is 14.9. The molecular weight excluding hydrogens is 438 g/mol. The summed E-state index contributed by atoms with van der Waals surface area (Å²) in [5.74, 6) is -1.46. The van der Waals surface area contributed by atoms with Gasteiger partial charge in [0.15, 0.2) is 6.61 Å². The smallest absolute Gasteiger partial charge is 0.338 e. The van der Waals surface area contributed by atoms with Crippen LogP contribution in [0.4, 0.5) is 11.4 Å². The zero-order valence-electron chi connectivity index (χ0n) is 17.2. The molecule has 1 saturated heterocycles. The van der Waals surface area contributed by atoms with E-state index in [1.165, 1.54) is 52.8 Å². The Morgan fingerprint density at radius 2 is 1.69 bits per heavy atom. The Balaban J connectivity index is 1.57. The number of benzene rings is 2. The number of hydrogen-bond donors (Lipinski definition) is 1. The molecule has 170 valence electrons. The van der Waals surface area contributed by atoms with Crippen molar-refractivity contribution in [1.29, 1.82) is 0 Å². The highest BCUT2D eigenvalue weighted by Crippen LogP contribution is 2.21. The molecule has 1 aliphatic rings. The molecule has 0 aliphatic carbocycles.